The molecule has 3 aromatic rings. The van der Waals surface area contributed by atoms with E-state index in [4.69, 9.17) is 11.6 Å². The molecule has 0 bridgehead atoms. The average molecular weight is 356 g/mol. The van der Waals surface area contributed by atoms with Crippen molar-refractivity contribution < 1.29 is 18.3 Å². The Morgan fingerprint density at radius 1 is 1.12 bits per heavy atom. The van der Waals surface area contributed by atoms with Gasteiger partial charge in [0.2, 0.25) is 0 Å². The molecular formula is C15H9ClF3N3O2. The second-order valence-corrected chi connectivity index (χ2v) is 5.33. The third-order valence-corrected chi connectivity index (χ3v) is 3.56. The van der Waals surface area contributed by atoms with E-state index >= 15 is 0 Å². The highest BCUT2D eigenvalue weighted by atomic mass is 35.5. The largest absolute Gasteiger partial charge is 0.506 e. The third-order valence-electron chi connectivity index (χ3n) is 3.32. The Morgan fingerprint density at radius 2 is 1.79 bits per heavy atom. The molecule has 0 fully saturated rings. The summed E-state index contributed by atoms with van der Waals surface area (Å²) in [4.78, 5) is 12.0. The van der Waals surface area contributed by atoms with E-state index in [9.17, 15) is 23.1 Å². The van der Waals surface area contributed by atoms with Gasteiger partial charge in [-0.2, -0.15) is 18.3 Å². The number of hydrogen-bond acceptors (Lipinski definition) is 3. The summed E-state index contributed by atoms with van der Waals surface area (Å²) in [5, 5.41) is 16.2. The van der Waals surface area contributed by atoms with Gasteiger partial charge in [-0.3, -0.25) is 0 Å². The van der Waals surface area contributed by atoms with E-state index in [0.29, 0.717) is 0 Å². The number of aromatic hydroxyl groups is 1. The Morgan fingerprint density at radius 3 is 2.42 bits per heavy atom. The summed E-state index contributed by atoms with van der Waals surface area (Å²) >= 11 is 5.87. The van der Waals surface area contributed by atoms with Crippen LogP contribution in [-0.2, 0) is 6.18 Å². The van der Waals surface area contributed by atoms with Crippen LogP contribution in [0.15, 0.2) is 47.3 Å². The zero-order valence-corrected chi connectivity index (χ0v) is 12.6. The highest BCUT2D eigenvalue weighted by molar-refractivity contribution is 6.30. The first-order valence-corrected chi connectivity index (χ1v) is 6.99. The lowest BCUT2D eigenvalue weighted by atomic mass is 10.1. The van der Waals surface area contributed by atoms with Crippen LogP contribution in [0.1, 0.15) is 5.56 Å². The fraction of sp³-hybridized carbons (Fsp3) is 0.0667. The van der Waals surface area contributed by atoms with Gasteiger partial charge in [0.1, 0.15) is 5.75 Å². The summed E-state index contributed by atoms with van der Waals surface area (Å²) in [6, 6.07) is 8.23. The lowest BCUT2D eigenvalue weighted by Crippen LogP contribution is -2.16. The van der Waals surface area contributed by atoms with Crippen molar-refractivity contribution >= 4 is 11.6 Å². The SMILES string of the molecule is O=c1[nH]nc(-c2ccc(C(F)(F)F)cc2)n1-c1cc(Cl)ccc1O. The minimum Gasteiger partial charge on any atom is -0.506 e. The molecular weight excluding hydrogens is 347 g/mol. The first kappa shape index (κ1) is 16.1. The predicted octanol–water partition coefficient (Wildman–Crippen LogP) is 3.61. The Labute approximate surface area is 137 Å². The van der Waals surface area contributed by atoms with Gasteiger partial charge >= 0.3 is 11.9 Å². The molecule has 0 aliphatic rings. The van der Waals surface area contributed by atoms with E-state index in [1.807, 2.05) is 0 Å². The second-order valence-electron chi connectivity index (χ2n) is 4.90. The molecule has 0 amide bonds. The summed E-state index contributed by atoms with van der Waals surface area (Å²) in [6.07, 6.45) is -4.46. The molecule has 0 aliphatic carbocycles. The number of nitrogens with zero attached hydrogens (tertiary/aromatic N) is 2. The van der Waals surface area contributed by atoms with Crippen molar-refractivity contribution in [2.45, 2.75) is 6.18 Å². The normalized spacial score (nSPS) is 11.7. The van der Waals surface area contributed by atoms with Gasteiger partial charge in [-0.25, -0.2) is 14.5 Å². The molecule has 2 N–H and O–H groups in total. The Kier molecular flexibility index (Phi) is 3.84. The van der Waals surface area contributed by atoms with Crippen molar-refractivity contribution in [2.24, 2.45) is 0 Å². The molecule has 3 rings (SSSR count). The molecule has 0 atom stereocenters. The highest BCUT2D eigenvalue weighted by Crippen LogP contribution is 2.32. The molecule has 0 saturated carbocycles. The van der Waals surface area contributed by atoms with E-state index in [1.165, 1.54) is 30.3 Å². The van der Waals surface area contributed by atoms with E-state index in [1.54, 1.807) is 0 Å². The van der Waals surface area contributed by atoms with Crippen molar-refractivity contribution in [3.05, 3.63) is 63.5 Å². The number of halogens is 4. The van der Waals surface area contributed by atoms with E-state index in [2.05, 4.69) is 10.2 Å². The third kappa shape index (κ3) is 2.88. The van der Waals surface area contributed by atoms with Gasteiger partial charge in [0.25, 0.3) is 0 Å². The molecule has 0 radical (unpaired) electrons. The fourth-order valence-electron chi connectivity index (χ4n) is 2.20. The predicted molar refractivity (Wildman–Crippen MR) is 81.3 cm³/mol. The Balaban J connectivity index is 2.15. The van der Waals surface area contributed by atoms with Crippen molar-refractivity contribution in [2.75, 3.05) is 0 Å². The maximum Gasteiger partial charge on any atom is 0.416 e. The fourth-order valence-corrected chi connectivity index (χ4v) is 2.36. The summed E-state index contributed by atoms with van der Waals surface area (Å²) < 4.78 is 39.0. The van der Waals surface area contributed by atoms with Gasteiger partial charge in [0, 0.05) is 10.6 Å². The Hall–Kier alpha value is -2.74. The van der Waals surface area contributed by atoms with Crippen LogP contribution in [0.4, 0.5) is 13.2 Å². The molecule has 24 heavy (non-hydrogen) atoms. The van der Waals surface area contributed by atoms with Gasteiger partial charge < -0.3 is 5.11 Å². The number of H-pyrrole nitrogens is 1. The van der Waals surface area contributed by atoms with Crippen LogP contribution < -0.4 is 5.69 Å². The van der Waals surface area contributed by atoms with Gasteiger partial charge in [-0.1, -0.05) is 23.7 Å². The zero-order chi connectivity index (χ0) is 17.5. The molecule has 124 valence electrons. The van der Waals surface area contributed by atoms with Crippen molar-refractivity contribution in [3.63, 3.8) is 0 Å². The highest BCUT2D eigenvalue weighted by Gasteiger charge is 2.30. The summed E-state index contributed by atoms with van der Waals surface area (Å²) in [7, 11) is 0. The van der Waals surface area contributed by atoms with Crippen LogP contribution in [0, 0.1) is 0 Å². The number of benzene rings is 2. The molecule has 0 unspecified atom stereocenters. The van der Waals surface area contributed by atoms with Crippen molar-refractivity contribution in [1.82, 2.24) is 14.8 Å². The monoisotopic (exact) mass is 355 g/mol. The van der Waals surface area contributed by atoms with Gasteiger partial charge in [-0.15, -0.1) is 0 Å². The van der Waals surface area contributed by atoms with Crippen LogP contribution in [0.5, 0.6) is 5.75 Å². The van der Waals surface area contributed by atoms with Crippen LogP contribution in [0.25, 0.3) is 17.1 Å². The first-order valence-electron chi connectivity index (χ1n) is 6.61. The number of alkyl halides is 3. The molecule has 9 heteroatoms. The molecule has 0 aliphatic heterocycles. The topological polar surface area (TPSA) is 70.9 Å². The van der Waals surface area contributed by atoms with Crippen molar-refractivity contribution in [3.8, 4) is 22.8 Å². The van der Waals surface area contributed by atoms with Crippen molar-refractivity contribution in [1.29, 1.82) is 0 Å². The van der Waals surface area contributed by atoms with Crippen LogP contribution in [0.2, 0.25) is 5.02 Å². The van der Waals surface area contributed by atoms with Crippen LogP contribution >= 0.6 is 11.6 Å². The average Bonchev–Trinajstić information content (AvgIpc) is 2.90. The number of aromatic amines is 1. The number of phenols is 1. The summed E-state index contributed by atoms with van der Waals surface area (Å²) in [5.74, 6) is -0.178. The molecule has 0 saturated heterocycles. The zero-order valence-electron chi connectivity index (χ0n) is 11.8. The van der Waals surface area contributed by atoms with Gasteiger partial charge in [0.05, 0.1) is 11.3 Å². The lowest BCUT2D eigenvalue weighted by molar-refractivity contribution is -0.137. The maximum absolute atomic E-state index is 12.6. The van der Waals surface area contributed by atoms with Gasteiger partial charge in [0.15, 0.2) is 5.82 Å². The lowest BCUT2D eigenvalue weighted by Gasteiger charge is -2.10. The van der Waals surface area contributed by atoms with E-state index in [0.717, 1.165) is 16.7 Å². The minimum atomic E-state index is -4.46. The molecule has 5 nitrogen and oxygen atoms in total. The smallest absolute Gasteiger partial charge is 0.416 e. The molecule has 0 spiro atoms. The molecule has 2 aromatic carbocycles. The number of rotatable bonds is 2. The van der Waals surface area contributed by atoms with Crippen LogP contribution in [0.3, 0.4) is 0 Å². The summed E-state index contributed by atoms with van der Waals surface area (Å²) in [5.41, 5.74) is -1.15. The van der Waals surface area contributed by atoms with Gasteiger partial charge in [-0.05, 0) is 30.3 Å². The maximum atomic E-state index is 12.6. The van der Waals surface area contributed by atoms with Crippen LogP contribution in [-0.4, -0.2) is 19.9 Å². The number of hydrogen-bond donors (Lipinski definition) is 2. The molecule has 1 heterocycles. The second kappa shape index (κ2) is 5.72. The minimum absolute atomic E-state index is 0.0475. The number of phenolic OH excluding ortho intramolecular Hbond substituents is 1. The number of aromatic nitrogens is 3. The number of nitrogens with one attached hydrogen (secondary N) is 1. The molecule has 1 aromatic heterocycles. The first-order chi connectivity index (χ1) is 11.3. The summed E-state index contributed by atoms with van der Waals surface area (Å²) in [6.45, 7) is 0. The standard InChI is InChI=1S/C15H9ClF3N3O2/c16-10-5-6-12(23)11(7-10)22-13(20-21-14(22)24)8-1-3-9(4-2-8)15(17,18)19/h1-7,23H,(H,21,24). The van der Waals surface area contributed by atoms with E-state index in [-0.39, 0.29) is 27.8 Å². The quantitative estimate of drug-likeness (QED) is 0.737. The van der Waals surface area contributed by atoms with E-state index < -0.39 is 17.4 Å². The Bertz CT molecular complexity index is 946.